The van der Waals surface area contributed by atoms with E-state index in [4.69, 9.17) is 16.6 Å². The van der Waals surface area contributed by atoms with Crippen LogP contribution in [0.1, 0.15) is 25.0 Å². The summed E-state index contributed by atoms with van der Waals surface area (Å²) in [5.41, 5.74) is 6.81. The molecule has 3 aromatic carbocycles. The largest absolute Gasteiger partial charge is 0.292 e. The quantitative estimate of drug-likeness (QED) is 0.415. The third kappa shape index (κ3) is 1.95. The molecule has 2 nitrogen and oxygen atoms in total. The van der Waals surface area contributed by atoms with E-state index in [9.17, 15) is 0 Å². The summed E-state index contributed by atoms with van der Waals surface area (Å²) >= 11 is 6.44. The molecule has 0 bridgehead atoms. The van der Waals surface area contributed by atoms with E-state index in [1.165, 1.54) is 16.8 Å². The molecular weight excluding hydrogens is 328 g/mol. The van der Waals surface area contributed by atoms with Gasteiger partial charge in [-0.15, -0.1) is 0 Å². The normalized spacial score (nSPS) is 14.5. The molecule has 4 aromatic rings. The SMILES string of the molecule is CC1(C)c2ccccc2-n2c(-c3ccccc3)nc3cc(Cl)cc1c32. The number of para-hydroxylation sites is 1. The molecule has 2 heterocycles. The highest BCUT2D eigenvalue weighted by molar-refractivity contribution is 6.31. The van der Waals surface area contributed by atoms with Gasteiger partial charge >= 0.3 is 0 Å². The maximum Gasteiger partial charge on any atom is 0.145 e. The van der Waals surface area contributed by atoms with Crippen molar-refractivity contribution in [2.24, 2.45) is 0 Å². The van der Waals surface area contributed by atoms with E-state index >= 15 is 0 Å². The average molecular weight is 345 g/mol. The highest BCUT2D eigenvalue weighted by Crippen LogP contribution is 2.46. The summed E-state index contributed by atoms with van der Waals surface area (Å²) in [6, 6.07) is 23.0. The molecule has 0 saturated carbocycles. The van der Waals surface area contributed by atoms with Gasteiger partial charge in [0.1, 0.15) is 5.82 Å². The molecule has 0 aliphatic carbocycles. The second-order valence-corrected chi connectivity index (χ2v) is 7.54. The van der Waals surface area contributed by atoms with Crippen LogP contribution in [0.4, 0.5) is 0 Å². The van der Waals surface area contributed by atoms with Crippen molar-refractivity contribution in [2.45, 2.75) is 19.3 Å². The topological polar surface area (TPSA) is 17.8 Å². The molecule has 1 aliphatic rings. The van der Waals surface area contributed by atoms with Gasteiger partial charge in [0.2, 0.25) is 0 Å². The Balaban J connectivity index is 2.00. The molecule has 1 aliphatic heterocycles. The molecule has 5 rings (SSSR count). The molecule has 3 heteroatoms. The zero-order valence-electron chi connectivity index (χ0n) is 14.1. The summed E-state index contributed by atoms with van der Waals surface area (Å²) in [5.74, 6) is 0.960. The minimum absolute atomic E-state index is 0.121. The first-order chi connectivity index (χ1) is 12.1. The fourth-order valence-electron chi connectivity index (χ4n) is 4.01. The lowest BCUT2D eigenvalue weighted by Gasteiger charge is -2.34. The number of rotatable bonds is 1. The summed E-state index contributed by atoms with van der Waals surface area (Å²) in [6.07, 6.45) is 0. The zero-order valence-corrected chi connectivity index (χ0v) is 14.9. The lowest BCUT2D eigenvalue weighted by Crippen LogP contribution is -2.26. The Morgan fingerprint density at radius 3 is 2.40 bits per heavy atom. The summed E-state index contributed by atoms with van der Waals surface area (Å²) in [4.78, 5) is 4.96. The van der Waals surface area contributed by atoms with Gasteiger partial charge in [-0.25, -0.2) is 4.98 Å². The molecule has 0 atom stereocenters. The van der Waals surface area contributed by atoms with E-state index in [1.807, 2.05) is 12.1 Å². The van der Waals surface area contributed by atoms with Crippen LogP contribution in [0.3, 0.4) is 0 Å². The second-order valence-electron chi connectivity index (χ2n) is 7.10. The van der Waals surface area contributed by atoms with Crippen molar-refractivity contribution in [1.29, 1.82) is 0 Å². The highest BCUT2D eigenvalue weighted by atomic mass is 35.5. The van der Waals surface area contributed by atoms with Crippen LogP contribution in [0, 0.1) is 0 Å². The van der Waals surface area contributed by atoms with Crippen LogP contribution in [0.25, 0.3) is 28.1 Å². The Hall–Kier alpha value is -2.58. The Bertz CT molecular complexity index is 1120. The van der Waals surface area contributed by atoms with E-state index in [0.717, 1.165) is 27.4 Å². The van der Waals surface area contributed by atoms with Crippen LogP contribution in [-0.2, 0) is 5.41 Å². The van der Waals surface area contributed by atoms with Gasteiger partial charge in [0.15, 0.2) is 0 Å². The van der Waals surface area contributed by atoms with Crippen LogP contribution < -0.4 is 0 Å². The molecule has 122 valence electrons. The van der Waals surface area contributed by atoms with E-state index in [0.29, 0.717) is 0 Å². The number of nitrogens with zero attached hydrogens (tertiary/aromatic N) is 2. The fraction of sp³-hybridized carbons (Fsp3) is 0.136. The molecule has 0 amide bonds. The third-order valence-electron chi connectivity index (χ3n) is 5.24. The number of imidazole rings is 1. The molecule has 1 aromatic heterocycles. The molecule has 0 unspecified atom stereocenters. The maximum absolute atomic E-state index is 6.44. The highest BCUT2D eigenvalue weighted by Gasteiger charge is 2.35. The summed E-state index contributed by atoms with van der Waals surface area (Å²) in [6.45, 7) is 4.52. The molecule has 0 saturated heterocycles. The summed E-state index contributed by atoms with van der Waals surface area (Å²) in [5, 5.41) is 0.735. The van der Waals surface area contributed by atoms with E-state index in [1.54, 1.807) is 0 Å². The van der Waals surface area contributed by atoms with E-state index in [2.05, 4.69) is 73.0 Å². The Morgan fingerprint density at radius 1 is 0.880 bits per heavy atom. The van der Waals surface area contributed by atoms with Gasteiger partial charge in [0, 0.05) is 16.0 Å². The van der Waals surface area contributed by atoms with Crippen molar-refractivity contribution in [1.82, 2.24) is 9.55 Å². The number of hydrogen-bond donors (Lipinski definition) is 0. The standard InChI is InChI=1S/C22H17ClN2/c1-22(2)16-10-6-7-11-19(16)25-20-17(22)12-15(23)13-18(20)24-21(25)14-8-4-3-5-9-14/h3-13H,1-2H3. The van der Waals surface area contributed by atoms with Crippen LogP contribution in [0.15, 0.2) is 66.7 Å². The molecule has 0 radical (unpaired) electrons. The number of aromatic nitrogens is 2. The summed E-state index contributed by atoms with van der Waals surface area (Å²) in [7, 11) is 0. The van der Waals surface area contributed by atoms with Crippen molar-refractivity contribution >= 4 is 22.6 Å². The Morgan fingerprint density at radius 2 is 1.60 bits per heavy atom. The number of fused-ring (bicyclic) bond motifs is 2. The molecule has 0 N–H and O–H groups in total. The molecule has 0 fully saturated rings. The maximum atomic E-state index is 6.44. The Labute approximate surface area is 151 Å². The van der Waals surface area contributed by atoms with Crippen molar-refractivity contribution < 1.29 is 0 Å². The van der Waals surface area contributed by atoms with Gasteiger partial charge in [-0.3, -0.25) is 4.57 Å². The van der Waals surface area contributed by atoms with Crippen LogP contribution in [0.2, 0.25) is 5.02 Å². The minimum atomic E-state index is -0.121. The van der Waals surface area contributed by atoms with Crippen LogP contribution >= 0.6 is 11.6 Å². The number of hydrogen-bond acceptors (Lipinski definition) is 1. The van der Waals surface area contributed by atoms with Crippen LogP contribution in [0.5, 0.6) is 0 Å². The minimum Gasteiger partial charge on any atom is -0.292 e. The van der Waals surface area contributed by atoms with E-state index < -0.39 is 0 Å². The van der Waals surface area contributed by atoms with Gasteiger partial charge in [0.25, 0.3) is 0 Å². The Kier molecular flexibility index (Phi) is 2.93. The van der Waals surface area contributed by atoms with Gasteiger partial charge in [-0.2, -0.15) is 0 Å². The lowest BCUT2D eigenvalue weighted by atomic mass is 9.75. The lowest BCUT2D eigenvalue weighted by molar-refractivity contribution is 0.629. The number of benzene rings is 3. The smallest absolute Gasteiger partial charge is 0.145 e. The van der Waals surface area contributed by atoms with Crippen molar-refractivity contribution in [2.75, 3.05) is 0 Å². The zero-order chi connectivity index (χ0) is 17.2. The first-order valence-corrected chi connectivity index (χ1v) is 8.83. The van der Waals surface area contributed by atoms with Crippen molar-refractivity contribution in [3.63, 3.8) is 0 Å². The first-order valence-electron chi connectivity index (χ1n) is 8.45. The summed E-state index contributed by atoms with van der Waals surface area (Å²) < 4.78 is 2.29. The van der Waals surface area contributed by atoms with Crippen molar-refractivity contribution in [3.05, 3.63) is 82.9 Å². The fourth-order valence-corrected chi connectivity index (χ4v) is 4.22. The van der Waals surface area contributed by atoms with Gasteiger partial charge < -0.3 is 0 Å². The van der Waals surface area contributed by atoms with E-state index in [-0.39, 0.29) is 5.41 Å². The molecule has 0 spiro atoms. The van der Waals surface area contributed by atoms with Crippen molar-refractivity contribution in [3.8, 4) is 17.1 Å². The number of halogens is 1. The first kappa shape index (κ1) is 14.7. The van der Waals surface area contributed by atoms with Gasteiger partial charge in [-0.1, -0.05) is 74.0 Å². The predicted octanol–water partition coefficient (Wildman–Crippen LogP) is 5.99. The third-order valence-corrected chi connectivity index (χ3v) is 5.46. The van der Waals surface area contributed by atoms with Crippen LogP contribution in [-0.4, -0.2) is 9.55 Å². The average Bonchev–Trinajstić information content (AvgIpc) is 3.00. The molecule has 25 heavy (non-hydrogen) atoms. The monoisotopic (exact) mass is 344 g/mol. The van der Waals surface area contributed by atoms with Gasteiger partial charge in [-0.05, 0) is 29.3 Å². The molecular formula is C22H17ClN2. The predicted molar refractivity (Wildman–Crippen MR) is 104 cm³/mol. The van der Waals surface area contributed by atoms with Gasteiger partial charge in [0.05, 0.1) is 16.7 Å². The second kappa shape index (κ2) is 4.96.